The Morgan fingerprint density at radius 2 is 1.78 bits per heavy atom. The van der Waals surface area contributed by atoms with Gasteiger partial charge >= 0.3 is 11.9 Å². The number of carbonyl (C=O) groups is 2. The molecule has 0 saturated heterocycles. The Labute approximate surface area is 222 Å². The molecule has 2 aromatic carbocycles. The van der Waals surface area contributed by atoms with Gasteiger partial charge in [0.25, 0.3) is 5.56 Å². The summed E-state index contributed by atoms with van der Waals surface area (Å²) in [6.07, 6.45) is 1.68. The van der Waals surface area contributed by atoms with E-state index < -0.39 is 18.0 Å². The van der Waals surface area contributed by atoms with Crippen LogP contribution in [0.3, 0.4) is 0 Å². The zero-order valence-corrected chi connectivity index (χ0v) is 22.1. The summed E-state index contributed by atoms with van der Waals surface area (Å²) in [4.78, 5) is 43.5. The summed E-state index contributed by atoms with van der Waals surface area (Å²) >= 11 is 7.72. The first kappa shape index (κ1) is 26.4. The molecule has 1 aromatic heterocycles. The van der Waals surface area contributed by atoms with Gasteiger partial charge in [0.05, 0.1) is 29.0 Å². The van der Waals surface area contributed by atoms with E-state index >= 15 is 0 Å². The van der Waals surface area contributed by atoms with Crippen LogP contribution in [0, 0.1) is 0 Å². The maximum atomic E-state index is 13.8. The number of esters is 2. The van der Waals surface area contributed by atoms with Crippen molar-refractivity contribution in [3.63, 3.8) is 0 Å². The van der Waals surface area contributed by atoms with Crippen LogP contribution < -0.4 is 19.6 Å². The number of rotatable bonds is 8. The van der Waals surface area contributed by atoms with Crippen molar-refractivity contribution in [2.75, 3.05) is 19.8 Å². The second-order valence-corrected chi connectivity index (χ2v) is 9.37. The smallest absolute Gasteiger partial charge is 0.344 e. The monoisotopic (exact) mass is 540 g/mol. The van der Waals surface area contributed by atoms with Crippen molar-refractivity contribution in [3.05, 3.63) is 95.6 Å². The normalized spacial score (nSPS) is 15.1. The number of para-hydroxylation sites is 1. The summed E-state index contributed by atoms with van der Waals surface area (Å²) in [5.74, 6) is -0.619. The second kappa shape index (κ2) is 11.6. The lowest BCUT2D eigenvalue weighted by atomic mass is 9.96. The maximum absolute atomic E-state index is 13.8. The van der Waals surface area contributed by atoms with Crippen LogP contribution in [0.1, 0.15) is 37.9 Å². The van der Waals surface area contributed by atoms with Crippen LogP contribution in [0.4, 0.5) is 0 Å². The Bertz CT molecular complexity index is 1560. The molecule has 0 radical (unpaired) electrons. The van der Waals surface area contributed by atoms with E-state index in [0.29, 0.717) is 36.9 Å². The molecular weight excluding hydrogens is 516 g/mol. The van der Waals surface area contributed by atoms with Gasteiger partial charge in [-0.2, -0.15) is 0 Å². The lowest BCUT2D eigenvalue weighted by molar-refractivity contribution is -0.145. The molecule has 192 valence electrons. The molecule has 3 aromatic rings. The van der Waals surface area contributed by atoms with Crippen LogP contribution in [0.15, 0.2) is 69.6 Å². The van der Waals surface area contributed by atoms with Gasteiger partial charge < -0.3 is 14.2 Å². The first-order valence-corrected chi connectivity index (χ1v) is 12.9. The van der Waals surface area contributed by atoms with E-state index in [4.69, 9.17) is 25.8 Å². The lowest BCUT2D eigenvalue weighted by Gasteiger charge is -2.25. The van der Waals surface area contributed by atoms with E-state index in [1.165, 1.54) is 15.9 Å². The molecule has 0 saturated carbocycles. The zero-order valence-electron chi connectivity index (χ0n) is 20.5. The number of halogens is 1. The molecule has 1 aliphatic heterocycles. The van der Waals surface area contributed by atoms with Crippen molar-refractivity contribution in [1.29, 1.82) is 0 Å². The average molecular weight is 541 g/mol. The van der Waals surface area contributed by atoms with Crippen LogP contribution >= 0.6 is 22.9 Å². The molecule has 37 heavy (non-hydrogen) atoms. The Hall–Kier alpha value is -3.69. The standard InChI is InChI=1S/C27H25ClN2O6S/c1-4-34-22(31)15-36-20-13-9-6-10-17(20)14-21-25(32)30-24(18-11-7-8-12-19(18)28)23(26(33)35-5-2)16(3)29-27(30)37-21/h6-14,24H,4-5,15H2,1-3H3/b21-14-/t24-/m0/s1. The van der Waals surface area contributed by atoms with Crippen molar-refractivity contribution >= 4 is 41.0 Å². The number of hydrogen-bond acceptors (Lipinski definition) is 8. The molecule has 2 heterocycles. The number of nitrogens with zero attached hydrogens (tertiary/aromatic N) is 2. The first-order chi connectivity index (χ1) is 17.8. The van der Waals surface area contributed by atoms with E-state index in [9.17, 15) is 14.4 Å². The molecule has 0 N–H and O–H groups in total. The van der Waals surface area contributed by atoms with Crippen LogP contribution in [-0.4, -0.2) is 36.3 Å². The maximum Gasteiger partial charge on any atom is 0.344 e. The number of benzene rings is 2. The van der Waals surface area contributed by atoms with Gasteiger partial charge in [-0.25, -0.2) is 14.6 Å². The molecule has 0 bridgehead atoms. The Morgan fingerprint density at radius 1 is 1.08 bits per heavy atom. The number of hydrogen-bond donors (Lipinski definition) is 0. The fourth-order valence-electron chi connectivity index (χ4n) is 3.99. The van der Waals surface area contributed by atoms with Gasteiger partial charge in [0.15, 0.2) is 11.4 Å². The number of thiazole rings is 1. The van der Waals surface area contributed by atoms with E-state index in [2.05, 4.69) is 4.99 Å². The highest BCUT2D eigenvalue weighted by Crippen LogP contribution is 2.34. The molecule has 1 atom stereocenters. The van der Waals surface area contributed by atoms with Crippen molar-refractivity contribution in [3.8, 4) is 5.75 Å². The Morgan fingerprint density at radius 3 is 2.51 bits per heavy atom. The summed E-state index contributed by atoms with van der Waals surface area (Å²) in [6.45, 7) is 5.33. The summed E-state index contributed by atoms with van der Waals surface area (Å²) < 4.78 is 17.7. The van der Waals surface area contributed by atoms with E-state index in [-0.39, 0.29) is 31.0 Å². The molecule has 0 unspecified atom stereocenters. The van der Waals surface area contributed by atoms with Gasteiger partial charge in [0, 0.05) is 10.6 Å². The summed E-state index contributed by atoms with van der Waals surface area (Å²) in [7, 11) is 0. The highest BCUT2D eigenvalue weighted by atomic mass is 35.5. The van der Waals surface area contributed by atoms with Crippen LogP contribution in [0.2, 0.25) is 5.02 Å². The predicted octanol–water partition coefficient (Wildman–Crippen LogP) is 3.39. The Balaban J connectivity index is 1.85. The molecule has 0 spiro atoms. The number of allylic oxidation sites excluding steroid dienone is 1. The zero-order chi connectivity index (χ0) is 26.5. The van der Waals surface area contributed by atoms with Crippen molar-refractivity contribution in [2.45, 2.75) is 26.8 Å². The van der Waals surface area contributed by atoms with Gasteiger partial charge in [-0.1, -0.05) is 59.3 Å². The largest absolute Gasteiger partial charge is 0.481 e. The third-order valence-electron chi connectivity index (χ3n) is 5.57. The molecule has 0 aliphatic carbocycles. The summed E-state index contributed by atoms with van der Waals surface area (Å²) in [5, 5.41) is 0.413. The predicted molar refractivity (Wildman–Crippen MR) is 140 cm³/mol. The molecular formula is C27H25ClN2O6S. The number of fused-ring (bicyclic) bond motifs is 1. The van der Waals surface area contributed by atoms with Crippen molar-refractivity contribution in [1.82, 2.24) is 4.57 Å². The number of aromatic nitrogens is 1. The molecule has 0 amide bonds. The van der Waals surface area contributed by atoms with Crippen molar-refractivity contribution < 1.29 is 23.8 Å². The third-order valence-corrected chi connectivity index (χ3v) is 6.90. The molecule has 8 nitrogen and oxygen atoms in total. The van der Waals surface area contributed by atoms with Crippen LogP contribution in [0.25, 0.3) is 6.08 Å². The van der Waals surface area contributed by atoms with Gasteiger partial charge in [-0.05, 0) is 44.5 Å². The van der Waals surface area contributed by atoms with Gasteiger partial charge in [0.2, 0.25) is 0 Å². The van der Waals surface area contributed by atoms with E-state index in [0.717, 1.165) is 0 Å². The number of ether oxygens (including phenoxy) is 3. The van der Waals surface area contributed by atoms with Crippen LogP contribution in [-0.2, 0) is 19.1 Å². The van der Waals surface area contributed by atoms with E-state index in [1.54, 1.807) is 75.4 Å². The topological polar surface area (TPSA) is 96.2 Å². The fraction of sp³-hybridized carbons (Fsp3) is 0.259. The fourth-order valence-corrected chi connectivity index (χ4v) is 5.27. The molecule has 1 aliphatic rings. The minimum Gasteiger partial charge on any atom is -0.481 e. The summed E-state index contributed by atoms with van der Waals surface area (Å²) in [5.41, 5.74) is 1.56. The highest BCUT2D eigenvalue weighted by Gasteiger charge is 2.34. The lowest BCUT2D eigenvalue weighted by Crippen LogP contribution is -2.40. The van der Waals surface area contributed by atoms with Gasteiger partial charge in [0.1, 0.15) is 11.8 Å². The molecule has 4 rings (SSSR count). The minimum atomic E-state index is -0.804. The third kappa shape index (κ3) is 5.52. The van der Waals surface area contributed by atoms with Gasteiger partial charge in [-0.15, -0.1) is 0 Å². The Kier molecular flexibility index (Phi) is 8.25. The summed E-state index contributed by atoms with van der Waals surface area (Å²) in [6, 6.07) is 13.3. The van der Waals surface area contributed by atoms with Crippen molar-refractivity contribution in [2.24, 2.45) is 4.99 Å². The molecule has 0 fully saturated rings. The van der Waals surface area contributed by atoms with Gasteiger partial charge in [-0.3, -0.25) is 9.36 Å². The minimum absolute atomic E-state index is 0.178. The quantitative estimate of drug-likeness (QED) is 0.406. The first-order valence-electron chi connectivity index (χ1n) is 11.7. The highest BCUT2D eigenvalue weighted by molar-refractivity contribution is 7.07. The van der Waals surface area contributed by atoms with E-state index in [1.807, 2.05) is 0 Å². The SMILES string of the molecule is CCOC(=O)COc1ccccc1/C=c1\sc2n(c1=O)[C@@H](c1ccccc1Cl)C(C(=O)OCC)=C(C)N=2. The second-order valence-electron chi connectivity index (χ2n) is 7.96. The average Bonchev–Trinajstić information content (AvgIpc) is 3.17. The van der Waals surface area contributed by atoms with Crippen LogP contribution in [0.5, 0.6) is 5.75 Å². The molecule has 10 heteroatoms. The number of carbonyl (C=O) groups excluding carboxylic acids is 2.